The average Bonchev–Trinajstić information content (AvgIpc) is 2.87. The van der Waals surface area contributed by atoms with Gasteiger partial charge < -0.3 is 5.32 Å². The van der Waals surface area contributed by atoms with Crippen molar-refractivity contribution in [3.05, 3.63) is 71.3 Å². The summed E-state index contributed by atoms with van der Waals surface area (Å²) in [6.07, 6.45) is 0.351. The minimum atomic E-state index is -0.708. The fourth-order valence-corrected chi connectivity index (χ4v) is 2.91. The smallest absolute Gasteiger partial charge is 0.262 e. The molecule has 3 rings (SSSR count). The first-order valence-corrected chi connectivity index (χ1v) is 8.26. The van der Waals surface area contributed by atoms with Gasteiger partial charge in [0.25, 0.3) is 11.8 Å². The summed E-state index contributed by atoms with van der Waals surface area (Å²) in [5.41, 5.74) is 1.49. The van der Waals surface area contributed by atoms with E-state index in [1.165, 1.54) is 6.92 Å². The maximum atomic E-state index is 12.3. The van der Waals surface area contributed by atoms with Crippen LogP contribution in [-0.2, 0) is 16.0 Å². The van der Waals surface area contributed by atoms with Gasteiger partial charge in [-0.25, -0.2) is 0 Å². The van der Waals surface area contributed by atoms with Crippen LogP contribution in [-0.4, -0.2) is 41.0 Å². The molecule has 1 N–H and O–H groups in total. The normalized spacial score (nSPS) is 14.1. The van der Waals surface area contributed by atoms with Gasteiger partial charge in [-0.3, -0.25) is 24.1 Å². The van der Waals surface area contributed by atoms with E-state index in [0.29, 0.717) is 6.42 Å². The fourth-order valence-electron chi connectivity index (χ4n) is 2.91. The Morgan fingerprint density at radius 1 is 0.923 bits per heavy atom. The van der Waals surface area contributed by atoms with Crippen LogP contribution in [0.25, 0.3) is 0 Å². The number of nitrogens with one attached hydrogen (secondary N) is 1. The summed E-state index contributed by atoms with van der Waals surface area (Å²) >= 11 is 0. The van der Waals surface area contributed by atoms with Gasteiger partial charge in [0.1, 0.15) is 6.54 Å². The molecule has 2 aromatic carbocycles. The number of benzene rings is 2. The van der Waals surface area contributed by atoms with Crippen molar-refractivity contribution in [2.45, 2.75) is 19.4 Å². The van der Waals surface area contributed by atoms with E-state index in [4.69, 9.17) is 0 Å². The van der Waals surface area contributed by atoms with Gasteiger partial charge in [-0.05, 0) is 31.0 Å². The van der Waals surface area contributed by atoms with Gasteiger partial charge in [0.2, 0.25) is 5.91 Å². The number of Topliss-reactive ketones (excluding diaryl/α,β-unsaturated/α-hetero) is 1. The van der Waals surface area contributed by atoms with Crippen molar-refractivity contribution in [1.29, 1.82) is 0 Å². The van der Waals surface area contributed by atoms with Crippen LogP contribution >= 0.6 is 0 Å². The predicted molar refractivity (Wildman–Crippen MR) is 94.6 cm³/mol. The summed E-state index contributed by atoms with van der Waals surface area (Å²) in [5.74, 6) is -1.73. The fraction of sp³-hybridized carbons (Fsp3) is 0.200. The molecule has 26 heavy (non-hydrogen) atoms. The molecule has 0 saturated carbocycles. The molecule has 6 nitrogen and oxygen atoms in total. The minimum Gasteiger partial charge on any atom is -0.344 e. The molecule has 0 aliphatic carbocycles. The number of carbonyl (C=O) groups is 4. The Labute approximate surface area is 150 Å². The third-order valence-corrected chi connectivity index (χ3v) is 4.29. The predicted octanol–water partition coefficient (Wildman–Crippen LogP) is 1.60. The second-order valence-electron chi connectivity index (χ2n) is 6.16. The Morgan fingerprint density at radius 3 is 2.00 bits per heavy atom. The first-order valence-electron chi connectivity index (χ1n) is 8.26. The molecule has 1 atom stereocenters. The number of rotatable bonds is 6. The summed E-state index contributed by atoms with van der Waals surface area (Å²) in [6, 6.07) is 15.0. The number of hydrogen-bond donors (Lipinski definition) is 1. The molecule has 0 unspecified atom stereocenters. The summed E-state index contributed by atoms with van der Waals surface area (Å²) in [5, 5.41) is 2.63. The quantitative estimate of drug-likeness (QED) is 0.802. The Morgan fingerprint density at radius 2 is 1.46 bits per heavy atom. The van der Waals surface area contributed by atoms with Crippen molar-refractivity contribution < 1.29 is 19.2 Å². The van der Waals surface area contributed by atoms with E-state index < -0.39 is 30.3 Å². The molecule has 0 aromatic heterocycles. The van der Waals surface area contributed by atoms with Crippen LogP contribution < -0.4 is 5.32 Å². The number of amides is 3. The van der Waals surface area contributed by atoms with Gasteiger partial charge in [-0.2, -0.15) is 0 Å². The zero-order valence-electron chi connectivity index (χ0n) is 14.3. The van der Waals surface area contributed by atoms with Gasteiger partial charge in [0.05, 0.1) is 17.2 Å². The third kappa shape index (κ3) is 3.54. The van der Waals surface area contributed by atoms with Crippen molar-refractivity contribution in [2.75, 3.05) is 6.54 Å². The van der Waals surface area contributed by atoms with Gasteiger partial charge in [-0.1, -0.05) is 42.5 Å². The van der Waals surface area contributed by atoms with Gasteiger partial charge in [-0.15, -0.1) is 0 Å². The third-order valence-electron chi connectivity index (χ3n) is 4.29. The van der Waals surface area contributed by atoms with Crippen LogP contribution in [0.2, 0.25) is 0 Å². The zero-order valence-corrected chi connectivity index (χ0v) is 14.3. The Kier molecular flexibility index (Phi) is 4.93. The van der Waals surface area contributed by atoms with Crippen LogP contribution in [0.3, 0.4) is 0 Å². The summed E-state index contributed by atoms with van der Waals surface area (Å²) < 4.78 is 0. The highest BCUT2D eigenvalue weighted by molar-refractivity contribution is 6.22. The molecular formula is C20H18N2O4. The van der Waals surface area contributed by atoms with Gasteiger partial charge in [0, 0.05) is 0 Å². The average molecular weight is 350 g/mol. The first kappa shape index (κ1) is 17.5. The number of hydrogen-bond acceptors (Lipinski definition) is 4. The van der Waals surface area contributed by atoms with Crippen LogP contribution in [0.15, 0.2) is 54.6 Å². The molecule has 6 heteroatoms. The first-order chi connectivity index (χ1) is 12.5. The van der Waals surface area contributed by atoms with E-state index in [-0.39, 0.29) is 16.9 Å². The zero-order chi connectivity index (χ0) is 18.7. The summed E-state index contributed by atoms with van der Waals surface area (Å²) in [7, 11) is 0. The highest BCUT2D eigenvalue weighted by atomic mass is 16.2. The molecule has 0 fully saturated rings. The maximum absolute atomic E-state index is 12.3. The molecule has 3 amide bonds. The Balaban J connectivity index is 1.67. The minimum absolute atomic E-state index is 0.190. The molecule has 0 radical (unpaired) electrons. The molecule has 1 aliphatic heterocycles. The van der Waals surface area contributed by atoms with Gasteiger partial charge >= 0.3 is 0 Å². The number of imide groups is 1. The van der Waals surface area contributed by atoms with Crippen molar-refractivity contribution >= 4 is 23.5 Å². The Bertz CT molecular complexity index is 841. The highest BCUT2D eigenvalue weighted by Crippen LogP contribution is 2.21. The molecule has 0 spiro atoms. The number of carbonyl (C=O) groups excluding carboxylic acids is 4. The van der Waals surface area contributed by atoms with Crippen LogP contribution in [0.5, 0.6) is 0 Å². The second kappa shape index (κ2) is 7.31. The monoisotopic (exact) mass is 350 g/mol. The number of ketones is 1. The molecule has 1 aliphatic rings. The van der Waals surface area contributed by atoms with Crippen molar-refractivity contribution in [1.82, 2.24) is 10.2 Å². The molecule has 0 saturated heterocycles. The van der Waals surface area contributed by atoms with E-state index in [9.17, 15) is 19.2 Å². The number of nitrogens with zero attached hydrogens (tertiary/aromatic N) is 1. The van der Waals surface area contributed by atoms with Gasteiger partial charge in [0.15, 0.2) is 5.78 Å². The lowest BCUT2D eigenvalue weighted by Gasteiger charge is -2.19. The van der Waals surface area contributed by atoms with E-state index in [1.807, 2.05) is 30.3 Å². The lowest BCUT2D eigenvalue weighted by atomic mass is 10.0. The van der Waals surface area contributed by atoms with E-state index in [1.54, 1.807) is 24.3 Å². The Hall–Kier alpha value is -3.28. The largest absolute Gasteiger partial charge is 0.344 e. The summed E-state index contributed by atoms with van der Waals surface area (Å²) in [4.78, 5) is 49.7. The molecule has 0 bridgehead atoms. The summed E-state index contributed by atoms with van der Waals surface area (Å²) in [6.45, 7) is 0.987. The van der Waals surface area contributed by atoms with E-state index in [0.717, 1.165) is 10.5 Å². The highest BCUT2D eigenvalue weighted by Gasteiger charge is 2.36. The van der Waals surface area contributed by atoms with Crippen LogP contribution in [0.1, 0.15) is 33.2 Å². The number of fused-ring (bicyclic) bond motifs is 1. The molecule has 1 heterocycles. The molecule has 132 valence electrons. The van der Waals surface area contributed by atoms with E-state index >= 15 is 0 Å². The van der Waals surface area contributed by atoms with Crippen molar-refractivity contribution in [2.24, 2.45) is 0 Å². The topological polar surface area (TPSA) is 83.6 Å². The van der Waals surface area contributed by atoms with E-state index in [2.05, 4.69) is 5.32 Å². The van der Waals surface area contributed by atoms with Crippen molar-refractivity contribution in [3.63, 3.8) is 0 Å². The molecular weight excluding hydrogens is 332 g/mol. The van der Waals surface area contributed by atoms with Crippen molar-refractivity contribution in [3.8, 4) is 0 Å². The standard InChI is InChI=1S/C20H18N2O4/c1-13(23)17(11-14-7-3-2-4-8-14)21-18(24)12-22-19(25)15-9-5-6-10-16(15)20(22)26/h2-10,17H,11-12H2,1H3,(H,21,24)/t17-/m0/s1. The SMILES string of the molecule is CC(=O)[C@H](Cc1ccccc1)NC(=O)CN1C(=O)c2ccccc2C1=O. The van der Waals surface area contributed by atoms with Crippen LogP contribution in [0.4, 0.5) is 0 Å². The van der Waals surface area contributed by atoms with Crippen LogP contribution in [0, 0.1) is 0 Å². The lowest BCUT2D eigenvalue weighted by molar-refractivity contribution is -0.127. The lowest BCUT2D eigenvalue weighted by Crippen LogP contribution is -2.47. The molecule has 2 aromatic rings. The second-order valence-corrected chi connectivity index (χ2v) is 6.16. The maximum Gasteiger partial charge on any atom is 0.262 e.